The summed E-state index contributed by atoms with van der Waals surface area (Å²) in [4.78, 5) is 13.0. The average Bonchev–Trinajstić information content (AvgIpc) is 3.02. The maximum Gasteiger partial charge on any atom is 0.296 e. The number of hydrogen-bond donors (Lipinski definition) is 1. The van der Waals surface area contributed by atoms with Crippen molar-refractivity contribution in [3.63, 3.8) is 0 Å². The molecule has 32 heavy (non-hydrogen) atoms. The Balaban J connectivity index is 1.56. The van der Waals surface area contributed by atoms with E-state index in [2.05, 4.69) is 15.1 Å². The summed E-state index contributed by atoms with van der Waals surface area (Å²) in [6.45, 7) is 3.47. The third-order valence-corrected chi connectivity index (χ3v) is 6.92. The van der Waals surface area contributed by atoms with Crippen molar-refractivity contribution >= 4 is 21.4 Å². The molecule has 0 bridgehead atoms. The topological polar surface area (TPSA) is 101 Å². The number of benzene rings is 2. The summed E-state index contributed by atoms with van der Waals surface area (Å²) in [5.74, 6) is 0. The summed E-state index contributed by atoms with van der Waals surface area (Å²) in [5, 5.41) is 10.3. The zero-order chi connectivity index (χ0) is 22.7. The highest BCUT2D eigenvalue weighted by atomic mass is 32.2. The van der Waals surface area contributed by atoms with E-state index in [0.29, 0.717) is 17.1 Å². The Kier molecular flexibility index (Phi) is 6.13. The first-order valence-electron chi connectivity index (χ1n) is 10.5. The van der Waals surface area contributed by atoms with E-state index in [9.17, 15) is 13.2 Å². The van der Waals surface area contributed by atoms with E-state index < -0.39 is 15.6 Å². The maximum absolute atomic E-state index is 13.0. The highest BCUT2D eigenvalue weighted by Crippen LogP contribution is 2.22. The highest BCUT2D eigenvalue weighted by molar-refractivity contribution is 7.92. The average molecular weight is 455 g/mol. The van der Waals surface area contributed by atoms with Crippen LogP contribution in [0.1, 0.15) is 25.0 Å². The first-order chi connectivity index (χ1) is 15.4. The zero-order valence-corrected chi connectivity index (χ0v) is 18.9. The predicted octanol–water partition coefficient (Wildman–Crippen LogP) is 3.77. The number of piperidine rings is 1. The van der Waals surface area contributed by atoms with Gasteiger partial charge in [-0.25, -0.2) is 13.1 Å². The molecule has 0 saturated carbocycles. The first kappa shape index (κ1) is 21.8. The molecule has 0 spiro atoms. The molecule has 2 heterocycles. The van der Waals surface area contributed by atoms with Crippen LogP contribution >= 0.6 is 0 Å². The number of nitrogens with zero attached hydrogens (tertiary/aromatic N) is 5. The molecule has 4 rings (SSSR count). The number of rotatable bonds is 6. The Hall–Kier alpha value is -3.40. The SMILES string of the molecule is Cc1c(NS(=O)(=O)c2ccc(N=NN3CCCCC3)cc2)c(=O)n(-c2ccccc2)n1C. The highest BCUT2D eigenvalue weighted by Gasteiger charge is 2.22. The standard InChI is InChI=1S/C22H26N6O3S/c1-17-21(22(29)28(26(17)2)19-9-5-3-6-10-19)24-32(30,31)20-13-11-18(12-14-20)23-25-27-15-7-4-8-16-27/h3,5-6,9-14,24H,4,7-8,15-16H2,1-2H3. The smallest absolute Gasteiger partial charge is 0.283 e. The van der Waals surface area contributed by atoms with Gasteiger partial charge in [-0.2, -0.15) is 0 Å². The lowest BCUT2D eigenvalue weighted by atomic mass is 10.2. The van der Waals surface area contributed by atoms with Crippen molar-refractivity contribution in [2.45, 2.75) is 31.1 Å². The van der Waals surface area contributed by atoms with Crippen molar-refractivity contribution < 1.29 is 8.42 Å². The summed E-state index contributed by atoms with van der Waals surface area (Å²) in [7, 11) is -2.24. The van der Waals surface area contributed by atoms with Gasteiger partial charge >= 0.3 is 0 Å². The molecule has 9 nitrogen and oxygen atoms in total. The molecule has 1 saturated heterocycles. The largest absolute Gasteiger partial charge is 0.296 e. The van der Waals surface area contributed by atoms with Gasteiger partial charge in [-0.1, -0.05) is 23.4 Å². The lowest BCUT2D eigenvalue weighted by Crippen LogP contribution is -2.23. The van der Waals surface area contributed by atoms with Gasteiger partial charge in [0.05, 0.1) is 22.0 Å². The van der Waals surface area contributed by atoms with Gasteiger partial charge in [-0.3, -0.25) is 19.2 Å². The van der Waals surface area contributed by atoms with Gasteiger partial charge in [-0.05, 0) is 62.6 Å². The van der Waals surface area contributed by atoms with Gasteiger partial charge in [0.2, 0.25) is 0 Å². The van der Waals surface area contributed by atoms with E-state index in [1.54, 1.807) is 42.9 Å². The van der Waals surface area contributed by atoms with Crippen LogP contribution in [0.15, 0.2) is 74.6 Å². The van der Waals surface area contributed by atoms with Crippen LogP contribution in [0.3, 0.4) is 0 Å². The minimum atomic E-state index is -3.96. The van der Waals surface area contributed by atoms with Crippen molar-refractivity contribution in [3.8, 4) is 5.69 Å². The molecule has 1 aromatic heterocycles. The van der Waals surface area contributed by atoms with Gasteiger partial charge in [0, 0.05) is 20.1 Å². The second kappa shape index (κ2) is 8.99. The fraction of sp³-hybridized carbons (Fsp3) is 0.318. The number of anilines is 1. The maximum atomic E-state index is 13.0. The summed E-state index contributed by atoms with van der Waals surface area (Å²) in [6.07, 6.45) is 3.42. The Bertz CT molecular complexity index is 1270. The van der Waals surface area contributed by atoms with E-state index in [4.69, 9.17) is 0 Å². The summed E-state index contributed by atoms with van der Waals surface area (Å²) < 4.78 is 31.4. The summed E-state index contributed by atoms with van der Waals surface area (Å²) in [6, 6.07) is 15.2. The van der Waals surface area contributed by atoms with Crippen LogP contribution in [0.2, 0.25) is 0 Å². The Morgan fingerprint density at radius 2 is 1.59 bits per heavy atom. The van der Waals surface area contributed by atoms with Gasteiger partial charge in [-0.15, -0.1) is 5.11 Å². The number of sulfonamides is 1. The minimum Gasteiger partial charge on any atom is -0.283 e. The lowest BCUT2D eigenvalue weighted by molar-refractivity contribution is 0.224. The van der Waals surface area contributed by atoms with Crippen LogP contribution in [0, 0.1) is 6.92 Å². The molecule has 0 amide bonds. The molecule has 168 valence electrons. The predicted molar refractivity (Wildman–Crippen MR) is 123 cm³/mol. The van der Waals surface area contributed by atoms with Crippen LogP contribution < -0.4 is 10.3 Å². The first-order valence-corrected chi connectivity index (χ1v) is 12.0. The molecule has 1 N–H and O–H groups in total. The van der Waals surface area contributed by atoms with Gasteiger partial charge < -0.3 is 0 Å². The summed E-state index contributed by atoms with van der Waals surface area (Å²) >= 11 is 0. The fourth-order valence-electron chi connectivity index (χ4n) is 3.65. The molecule has 2 aromatic carbocycles. The van der Waals surface area contributed by atoms with E-state index in [1.165, 1.54) is 23.2 Å². The van der Waals surface area contributed by atoms with E-state index in [0.717, 1.165) is 25.9 Å². The molecule has 10 heteroatoms. The second-order valence-corrected chi connectivity index (χ2v) is 9.42. The van der Waals surface area contributed by atoms with E-state index in [1.807, 2.05) is 23.2 Å². The fourth-order valence-corrected chi connectivity index (χ4v) is 4.77. The van der Waals surface area contributed by atoms with Crippen molar-refractivity contribution in [1.29, 1.82) is 0 Å². The molecule has 1 aliphatic heterocycles. The van der Waals surface area contributed by atoms with E-state index in [-0.39, 0.29) is 10.6 Å². The van der Waals surface area contributed by atoms with Gasteiger partial charge in [0.15, 0.2) is 0 Å². The van der Waals surface area contributed by atoms with Crippen molar-refractivity contribution in [2.75, 3.05) is 17.8 Å². The van der Waals surface area contributed by atoms with E-state index >= 15 is 0 Å². The second-order valence-electron chi connectivity index (χ2n) is 7.74. The molecule has 3 aromatic rings. The van der Waals surface area contributed by atoms with Crippen LogP contribution in [0.25, 0.3) is 5.69 Å². The number of aromatic nitrogens is 2. The normalized spacial score (nSPS) is 14.8. The third kappa shape index (κ3) is 4.45. The molecular formula is C22H26N6O3S. The molecule has 0 unspecified atom stereocenters. The quantitative estimate of drug-likeness (QED) is 0.573. The summed E-state index contributed by atoms with van der Waals surface area (Å²) in [5.41, 5.74) is 1.31. The Morgan fingerprint density at radius 3 is 2.25 bits per heavy atom. The van der Waals surface area contributed by atoms with Gasteiger partial charge in [0.25, 0.3) is 15.6 Å². The molecule has 1 fully saturated rings. The third-order valence-electron chi connectivity index (χ3n) is 5.56. The van der Waals surface area contributed by atoms with Crippen LogP contribution in [0.5, 0.6) is 0 Å². The van der Waals surface area contributed by atoms with Crippen molar-refractivity contribution in [1.82, 2.24) is 14.4 Å². The molecule has 0 atom stereocenters. The lowest BCUT2D eigenvalue weighted by Gasteiger charge is -2.21. The Morgan fingerprint density at radius 1 is 0.938 bits per heavy atom. The van der Waals surface area contributed by atoms with Crippen LogP contribution in [0.4, 0.5) is 11.4 Å². The number of para-hydroxylation sites is 1. The monoisotopic (exact) mass is 454 g/mol. The molecule has 0 aliphatic carbocycles. The molecule has 1 aliphatic rings. The van der Waals surface area contributed by atoms with Crippen molar-refractivity contribution in [3.05, 3.63) is 70.6 Å². The number of nitrogens with one attached hydrogen (secondary N) is 1. The van der Waals surface area contributed by atoms with Crippen molar-refractivity contribution in [2.24, 2.45) is 17.4 Å². The Labute approximate surface area is 187 Å². The zero-order valence-electron chi connectivity index (χ0n) is 18.1. The van der Waals surface area contributed by atoms with Crippen LogP contribution in [-0.4, -0.2) is 35.9 Å². The molecule has 0 radical (unpaired) electrons. The number of hydrogen-bond acceptors (Lipinski definition) is 5. The van der Waals surface area contributed by atoms with Crippen LogP contribution in [-0.2, 0) is 17.1 Å². The minimum absolute atomic E-state index is 0.0187. The molecular weight excluding hydrogens is 428 g/mol. The van der Waals surface area contributed by atoms with Gasteiger partial charge in [0.1, 0.15) is 5.69 Å².